The second-order valence-electron chi connectivity index (χ2n) is 4.98. The lowest BCUT2D eigenvalue weighted by molar-refractivity contribution is -0.120. The molecular formula is C14H13FN2O. The number of anilines is 1. The molecule has 2 atom stereocenters. The monoisotopic (exact) mass is 244 g/mol. The summed E-state index contributed by atoms with van der Waals surface area (Å²) in [5.41, 5.74) is 0.751. The van der Waals surface area contributed by atoms with Gasteiger partial charge >= 0.3 is 0 Å². The number of carbonyl (C=O) groups is 1. The van der Waals surface area contributed by atoms with Crippen LogP contribution < -0.4 is 4.90 Å². The quantitative estimate of drug-likeness (QED) is 0.762. The number of benzene rings is 1. The number of nitriles is 1. The van der Waals surface area contributed by atoms with Crippen molar-refractivity contribution in [3.63, 3.8) is 0 Å². The molecule has 3 rings (SSSR count). The summed E-state index contributed by atoms with van der Waals surface area (Å²) in [7, 11) is 0. The van der Waals surface area contributed by atoms with E-state index in [1.54, 1.807) is 12.1 Å². The molecule has 4 heteroatoms. The van der Waals surface area contributed by atoms with E-state index in [0.29, 0.717) is 18.5 Å². The van der Waals surface area contributed by atoms with E-state index in [2.05, 4.69) is 4.90 Å². The van der Waals surface area contributed by atoms with Crippen LogP contribution >= 0.6 is 0 Å². The molecule has 0 aromatic heterocycles. The Kier molecular flexibility index (Phi) is 2.55. The van der Waals surface area contributed by atoms with Gasteiger partial charge in [-0.3, -0.25) is 4.79 Å². The summed E-state index contributed by atoms with van der Waals surface area (Å²) in [5, 5.41) is 9.09. The third kappa shape index (κ3) is 1.59. The fourth-order valence-electron chi connectivity index (χ4n) is 3.20. The number of Topliss-reactive ketones (excluding diaryl/α,β-unsaturated/α-hetero) is 1. The summed E-state index contributed by atoms with van der Waals surface area (Å²) in [6.45, 7) is 0. The van der Waals surface area contributed by atoms with Crippen molar-refractivity contribution in [2.75, 3.05) is 4.90 Å². The summed E-state index contributed by atoms with van der Waals surface area (Å²) in [6.07, 6.45) is 2.96. The summed E-state index contributed by atoms with van der Waals surface area (Å²) in [5.74, 6) is -0.194. The normalized spacial score (nSPS) is 26.2. The molecule has 0 N–H and O–H groups in total. The smallest absolute Gasteiger partial charge is 0.143 e. The minimum Gasteiger partial charge on any atom is -0.364 e. The molecule has 2 aliphatic rings. The van der Waals surface area contributed by atoms with Gasteiger partial charge in [0.2, 0.25) is 0 Å². The fourth-order valence-corrected chi connectivity index (χ4v) is 3.20. The highest BCUT2D eigenvalue weighted by Gasteiger charge is 2.41. The van der Waals surface area contributed by atoms with Crippen LogP contribution in [0.25, 0.3) is 0 Å². The number of hydrogen-bond donors (Lipinski definition) is 0. The lowest BCUT2D eigenvalue weighted by atomic mass is 9.99. The van der Waals surface area contributed by atoms with E-state index in [0.717, 1.165) is 12.8 Å². The molecule has 2 unspecified atom stereocenters. The van der Waals surface area contributed by atoms with Crippen LogP contribution in [0.15, 0.2) is 18.2 Å². The van der Waals surface area contributed by atoms with Gasteiger partial charge in [-0.1, -0.05) is 6.07 Å². The van der Waals surface area contributed by atoms with Crippen molar-refractivity contribution in [3.8, 4) is 6.07 Å². The molecule has 1 aromatic rings. The van der Waals surface area contributed by atoms with Crippen LogP contribution in [0, 0.1) is 17.1 Å². The number of rotatable bonds is 1. The van der Waals surface area contributed by atoms with E-state index in [1.165, 1.54) is 6.07 Å². The number of hydrogen-bond acceptors (Lipinski definition) is 3. The first-order valence-corrected chi connectivity index (χ1v) is 6.19. The molecule has 92 valence electrons. The van der Waals surface area contributed by atoms with Crippen molar-refractivity contribution in [1.29, 1.82) is 5.26 Å². The topological polar surface area (TPSA) is 44.1 Å². The summed E-state index contributed by atoms with van der Waals surface area (Å²) >= 11 is 0. The first kappa shape index (κ1) is 11.2. The van der Waals surface area contributed by atoms with Crippen molar-refractivity contribution < 1.29 is 9.18 Å². The van der Waals surface area contributed by atoms with E-state index in [9.17, 15) is 9.18 Å². The van der Waals surface area contributed by atoms with E-state index in [1.807, 2.05) is 6.07 Å². The van der Waals surface area contributed by atoms with Crippen molar-refractivity contribution in [3.05, 3.63) is 29.6 Å². The first-order chi connectivity index (χ1) is 8.70. The van der Waals surface area contributed by atoms with Gasteiger partial charge in [-0.05, 0) is 25.0 Å². The third-order valence-electron chi connectivity index (χ3n) is 3.93. The van der Waals surface area contributed by atoms with Crippen LogP contribution in [-0.2, 0) is 4.79 Å². The van der Waals surface area contributed by atoms with Crippen LogP contribution in [0.1, 0.15) is 31.2 Å². The Bertz CT molecular complexity index is 533. The average molecular weight is 244 g/mol. The lowest BCUT2D eigenvalue weighted by Crippen LogP contribution is -2.43. The Hall–Kier alpha value is -1.89. The largest absolute Gasteiger partial charge is 0.364 e. The number of piperidine rings is 1. The van der Waals surface area contributed by atoms with Gasteiger partial charge in [0.15, 0.2) is 0 Å². The van der Waals surface area contributed by atoms with Gasteiger partial charge < -0.3 is 4.90 Å². The zero-order chi connectivity index (χ0) is 12.7. The average Bonchev–Trinajstić information content (AvgIpc) is 2.61. The van der Waals surface area contributed by atoms with E-state index >= 15 is 0 Å². The van der Waals surface area contributed by atoms with Gasteiger partial charge in [0, 0.05) is 24.9 Å². The number of ketones is 1. The van der Waals surface area contributed by atoms with Gasteiger partial charge in [-0.15, -0.1) is 0 Å². The maximum Gasteiger partial charge on any atom is 0.143 e. The van der Waals surface area contributed by atoms with Crippen LogP contribution in [0.4, 0.5) is 10.1 Å². The molecule has 0 radical (unpaired) electrons. The molecule has 2 heterocycles. The first-order valence-electron chi connectivity index (χ1n) is 6.19. The number of fused-ring (bicyclic) bond motifs is 2. The predicted octanol–water partition coefficient (Wildman–Crippen LogP) is 2.40. The molecule has 0 saturated carbocycles. The van der Waals surface area contributed by atoms with Crippen molar-refractivity contribution in [1.82, 2.24) is 0 Å². The van der Waals surface area contributed by atoms with Crippen LogP contribution in [0.2, 0.25) is 0 Å². The molecular weight excluding hydrogens is 231 g/mol. The molecule has 2 bridgehead atoms. The second kappa shape index (κ2) is 4.09. The molecule has 3 nitrogen and oxygen atoms in total. The summed E-state index contributed by atoms with van der Waals surface area (Å²) in [6, 6.07) is 6.94. The molecule has 2 saturated heterocycles. The molecule has 1 aromatic carbocycles. The highest BCUT2D eigenvalue weighted by molar-refractivity contribution is 5.83. The maximum atomic E-state index is 13.6. The van der Waals surface area contributed by atoms with Crippen LogP contribution in [0.3, 0.4) is 0 Å². The molecule has 0 amide bonds. The van der Waals surface area contributed by atoms with E-state index < -0.39 is 5.82 Å². The number of nitrogens with zero attached hydrogens (tertiary/aromatic N) is 2. The molecule has 2 fully saturated rings. The molecule has 18 heavy (non-hydrogen) atoms. The van der Waals surface area contributed by atoms with Crippen LogP contribution in [0.5, 0.6) is 0 Å². The van der Waals surface area contributed by atoms with Gasteiger partial charge in [0.25, 0.3) is 0 Å². The van der Waals surface area contributed by atoms with Crippen molar-refractivity contribution in [2.24, 2.45) is 0 Å². The minimum absolute atomic E-state index is 0.101. The van der Waals surface area contributed by atoms with Crippen molar-refractivity contribution in [2.45, 2.75) is 37.8 Å². The summed E-state index contributed by atoms with van der Waals surface area (Å²) < 4.78 is 13.6. The highest BCUT2D eigenvalue weighted by atomic mass is 19.1. The van der Waals surface area contributed by atoms with Gasteiger partial charge in [-0.2, -0.15) is 5.26 Å². The van der Waals surface area contributed by atoms with E-state index in [4.69, 9.17) is 5.26 Å². The molecule has 2 aliphatic heterocycles. The molecule has 0 spiro atoms. The Morgan fingerprint density at radius 1 is 1.28 bits per heavy atom. The Labute approximate surface area is 105 Å². The van der Waals surface area contributed by atoms with Gasteiger partial charge in [-0.25, -0.2) is 4.39 Å². The highest BCUT2D eigenvalue weighted by Crippen LogP contribution is 2.39. The molecule has 0 aliphatic carbocycles. The number of halogens is 1. The fraction of sp³-hybridized carbons (Fsp3) is 0.429. The standard InChI is InChI=1S/C14H13FN2O/c15-13-2-1-3-14(12(13)8-16)17-9-4-5-10(17)7-11(18)6-9/h1-3,9-10H,4-7H2. The second-order valence-corrected chi connectivity index (χ2v) is 4.98. The number of carbonyl (C=O) groups excluding carboxylic acids is 1. The predicted molar refractivity (Wildman–Crippen MR) is 64.6 cm³/mol. The lowest BCUT2D eigenvalue weighted by Gasteiger charge is -2.36. The van der Waals surface area contributed by atoms with Gasteiger partial charge in [0.05, 0.1) is 5.69 Å². The maximum absolute atomic E-state index is 13.6. The Morgan fingerprint density at radius 2 is 1.94 bits per heavy atom. The van der Waals surface area contributed by atoms with Gasteiger partial charge in [0.1, 0.15) is 23.2 Å². The summed E-state index contributed by atoms with van der Waals surface area (Å²) in [4.78, 5) is 13.6. The van der Waals surface area contributed by atoms with E-state index in [-0.39, 0.29) is 23.4 Å². The van der Waals surface area contributed by atoms with Crippen molar-refractivity contribution >= 4 is 11.5 Å². The zero-order valence-electron chi connectivity index (χ0n) is 9.90. The zero-order valence-corrected chi connectivity index (χ0v) is 9.90. The third-order valence-corrected chi connectivity index (χ3v) is 3.93. The Balaban J connectivity index is 2.04. The Morgan fingerprint density at radius 3 is 2.56 bits per heavy atom. The van der Waals surface area contributed by atoms with Crippen LogP contribution in [-0.4, -0.2) is 17.9 Å². The SMILES string of the molecule is N#Cc1c(F)cccc1N1C2CCC1CC(=O)C2. The minimum atomic E-state index is -0.480.